The molecule has 0 aliphatic carbocycles. The summed E-state index contributed by atoms with van der Waals surface area (Å²) in [5.74, 6) is -1.87. The van der Waals surface area contributed by atoms with E-state index in [-0.39, 0.29) is 19.6 Å². The monoisotopic (exact) mass is 245 g/mol. The van der Waals surface area contributed by atoms with Gasteiger partial charge in [0.05, 0.1) is 6.61 Å². The molecular weight excluding hydrogens is 226 g/mol. The van der Waals surface area contributed by atoms with E-state index >= 15 is 0 Å². The van der Waals surface area contributed by atoms with Crippen molar-refractivity contribution in [3.8, 4) is 0 Å². The van der Waals surface area contributed by atoms with Crippen molar-refractivity contribution in [1.29, 1.82) is 0 Å². The first-order valence-corrected chi connectivity index (χ1v) is 5.31. The van der Waals surface area contributed by atoms with Crippen molar-refractivity contribution in [2.24, 2.45) is 5.73 Å². The maximum absolute atomic E-state index is 11.2. The smallest absolute Gasteiger partial charge is 0.322 e. The SMILES string of the molecule is CCOC(=O)C(N)CCNC(=O)C(=O)N(C)C. The van der Waals surface area contributed by atoms with E-state index in [4.69, 9.17) is 10.5 Å². The second-order valence-electron chi connectivity index (χ2n) is 3.60. The molecule has 0 fully saturated rings. The Morgan fingerprint density at radius 1 is 1.35 bits per heavy atom. The zero-order valence-corrected chi connectivity index (χ0v) is 10.4. The molecule has 2 amide bonds. The van der Waals surface area contributed by atoms with Crippen LogP contribution in [0.5, 0.6) is 0 Å². The van der Waals surface area contributed by atoms with Gasteiger partial charge in [-0.2, -0.15) is 0 Å². The van der Waals surface area contributed by atoms with Crippen LogP contribution in [-0.2, 0) is 19.1 Å². The van der Waals surface area contributed by atoms with Crippen molar-refractivity contribution in [1.82, 2.24) is 10.2 Å². The molecule has 0 aliphatic rings. The summed E-state index contributed by atoms with van der Waals surface area (Å²) in [5, 5.41) is 2.37. The highest BCUT2D eigenvalue weighted by molar-refractivity contribution is 6.34. The lowest BCUT2D eigenvalue weighted by Gasteiger charge is -2.12. The van der Waals surface area contributed by atoms with Crippen LogP contribution in [0.2, 0.25) is 0 Å². The third kappa shape index (κ3) is 5.86. The van der Waals surface area contributed by atoms with Crippen LogP contribution in [-0.4, -0.2) is 56.0 Å². The Labute approximate surface area is 100 Å². The van der Waals surface area contributed by atoms with E-state index in [1.54, 1.807) is 6.92 Å². The molecule has 0 spiro atoms. The summed E-state index contributed by atoms with van der Waals surface area (Å²) in [7, 11) is 2.96. The summed E-state index contributed by atoms with van der Waals surface area (Å²) in [6, 6.07) is -0.787. The summed E-state index contributed by atoms with van der Waals surface area (Å²) in [6.45, 7) is 2.10. The maximum Gasteiger partial charge on any atom is 0.322 e. The molecule has 0 aromatic heterocycles. The van der Waals surface area contributed by atoms with E-state index in [1.165, 1.54) is 19.0 Å². The number of nitrogens with one attached hydrogen (secondary N) is 1. The first-order valence-electron chi connectivity index (χ1n) is 5.31. The van der Waals surface area contributed by atoms with Crippen LogP contribution in [0.15, 0.2) is 0 Å². The Bertz CT molecular complexity index is 291. The Balaban J connectivity index is 3.88. The molecule has 7 heteroatoms. The van der Waals surface area contributed by atoms with Crippen LogP contribution in [0.3, 0.4) is 0 Å². The molecule has 0 aliphatic heterocycles. The number of carbonyl (C=O) groups excluding carboxylic acids is 3. The lowest BCUT2D eigenvalue weighted by molar-refractivity contribution is -0.145. The van der Waals surface area contributed by atoms with Crippen LogP contribution in [0.1, 0.15) is 13.3 Å². The van der Waals surface area contributed by atoms with Crippen molar-refractivity contribution in [3.05, 3.63) is 0 Å². The third-order valence-electron chi connectivity index (χ3n) is 1.93. The molecule has 0 rings (SSSR count). The average molecular weight is 245 g/mol. The van der Waals surface area contributed by atoms with Crippen LogP contribution in [0.4, 0.5) is 0 Å². The number of amides is 2. The molecule has 0 aromatic rings. The Kier molecular flexibility index (Phi) is 6.88. The van der Waals surface area contributed by atoms with E-state index < -0.39 is 23.8 Å². The quantitative estimate of drug-likeness (QED) is 0.452. The molecule has 3 N–H and O–H groups in total. The van der Waals surface area contributed by atoms with E-state index in [2.05, 4.69) is 5.32 Å². The van der Waals surface area contributed by atoms with Crippen molar-refractivity contribution >= 4 is 17.8 Å². The highest BCUT2D eigenvalue weighted by atomic mass is 16.5. The van der Waals surface area contributed by atoms with Crippen molar-refractivity contribution in [3.63, 3.8) is 0 Å². The number of hydrogen-bond acceptors (Lipinski definition) is 5. The summed E-state index contributed by atoms with van der Waals surface area (Å²) in [5.41, 5.74) is 5.50. The number of rotatable bonds is 5. The Morgan fingerprint density at radius 2 is 1.94 bits per heavy atom. The molecule has 7 nitrogen and oxygen atoms in total. The van der Waals surface area contributed by atoms with Gasteiger partial charge >= 0.3 is 17.8 Å². The summed E-state index contributed by atoms with van der Waals surface area (Å²) in [4.78, 5) is 34.6. The number of likely N-dealkylation sites (N-methyl/N-ethyl adjacent to an activating group) is 1. The first-order chi connectivity index (χ1) is 7.90. The molecule has 0 bridgehead atoms. The highest BCUT2D eigenvalue weighted by Crippen LogP contribution is 1.91. The second-order valence-corrected chi connectivity index (χ2v) is 3.60. The number of hydrogen-bond donors (Lipinski definition) is 2. The van der Waals surface area contributed by atoms with E-state index in [1.807, 2.05) is 0 Å². The lowest BCUT2D eigenvalue weighted by Crippen LogP contribution is -2.42. The molecule has 0 heterocycles. The molecule has 1 atom stereocenters. The van der Waals surface area contributed by atoms with Crippen LogP contribution in [0, 0.1) is 0 Å². The molecule has 0 saturated heterocycles. The van der Waals surface area contributed by atoms with E-state index in [0.717, 1.165) is 0 Å². The summed E-state index contributed by atoms with van der Waals surface area (Å²) < 4.78 is 4.70. The van der Waals surface area contributed by atoms with E-state index in [0.29, 0.717) is 0 Å². The minimum atomic E-state index is -0.787. The number of carbonyl (C=O) groups is 3. The third-order valence-corrected chi connectivity index (χ3v) is 1.93. The zero-order chi connectivity index (χ0) is 13.4. The fraction of sp³-hybridized carbons (Fsp3) is 0.700. The fourth-order valence-corrected chi connectivity index (χ4v) is 0.987. The van der Waals surface area contributed by atoms with Gasteiger partial charge in [0.1, 0.15) is 6.04 Å². The lowest BCUT2D eigenvalue weighted by atomic mass is 10.2. The van der Waals surface area contributed by atoms with Crippen LogP contribution >= 0.6 is 0 Å². The second kappa shape index (κ2) is 7.61. The Morgan fingerprint density at radius 3 is 2.41 bits per heavy atom. The zero-order valence-electron chi connectivity index (χ0n) is 10.4. The largest absolute Gasteiger partial charge is 0.465 e. The molecule has 98 valence electrons. The maximum atomic E-state index is 11.2. The highest BCUT2D eigenvalue weighted by Gasteiger charge is 2.17. The predicted octanol–water partition coefficient (Wildman–Crippen LogP) is -1.53. The normalized spacial score (nSPS) is 11.5. The van der Waals surface area contributed by atoms with Gasteiger partial charge in [0.25, 0.3) is 0 Å². The Hall–Kier alpha value is -1.63. The number of nitrogens with two attached hydrogens (primary N) is 1. The van der Waals surface area contributed by atoms with Crippen molar-refractivity contribution in [2.75, 3.05) is 27.2 Å². The molecule has 0 saturated carbocycles. The predicted molar refractivity (Wildman–Crippen MR) is 60.9 cm³/mol. The number of ether oxygens (including phenoxy) is 1. The summed E-state index contributed by atoms with van der Waals surface area (Å²) >= 11 is 0. The fourth-order valence-electron chi connectivity index (χ4n) is 0.987. The van der Waals surface area contributed by atoms with Crippen molar-refractivity contribution in [2.45, 2.75) is 19.4 Å². The van der Waals surface area contributed by atoms with Gasteiger partial charge in [-0.1, -0.05) is 0 Å². The van der Waals surface area contributed by atoms with Gasteiger partial charge in [-0.3, -0.25) is 14.4 Å². The minimum Gasteiger partial charge on any atom is -0.465 e. The van der Waals surface area contributed by atoms with Gasteiger partial charge in [0.2, 0.25) is 0 Å². The molecule has 17 heavy (non-hydrogen) atoms. The van der Waals surface area contributed by atoms with Gasteiger partial charge < -0.3 is 20.7 Å². The van der Waals surface area contributed by atoms with Crippen LogP contribution in [0.25, 0.3) is 0 Å². The molecule has 0 radical (unpaired) electrons. The van der Waals surface area contributed by atoms with Gasteiger partial charge in [-0.05, 0) is 13.3 Å². The van der Waals surface area contributed by atoms with E-state index in [9.17, 15) is 14.4 Å². The first kappa shape index (κ1) is 15.4. The van der Waals surface area contributed by atoms with Crippen molar-refractivity contribution < 1.29 is 19.1 Å². The summed E-state index contributed by atoms with van der Waals surface area (Å²) in [6.07, 6.45) is 0.227. The molecule has 0 aromatic carbocycles. The van der Waals surface area contributed by atoms with Gasteiger partial charge in [-0.25, -0.2) is 0 Å². The molecular formula is C10H19N3O4. The standard InChI is InChI=1S/C10H19N3O4/c1-4-17-10(16)7(11)5-6-12-8(14)9(15)13(2)3/h7H,4-6,11H2,1-3H3,(H,12,14). The topological polar surface area (TPSA) is 102 Å². The van der Waals surface area contributed by atoms with Crippen LogP contribution < -0.4 is 11.1 Å². The van der Waals surface area contributed by atoms with Gasteiger partial charge in [0.15, 0.2) is 0 Å². The number of nitrogens with zero attached hydrogens (tertiary/aromatic N) is 1. The average Bonchev–Trinajstić information content (AvgIpc) is 2.27. The number of esters is 1. The molecule has 1 unspecified atom stereocenters. The van der Waals surface area contributed by atoms with Gasteiger partial charge in [0, 0.05) is 20.6 Å². The van der Waals surface area contributed by atoms with Gasteiger partial charge in [-0.15, -0.1) is 0 Å². The minimum absolute atomic E-state index is 0.151.